The maximum atomic E-state index is 13.5. The molecule has 0 aliphatic heterocycles. The van der Waals surface area contributed by atoms with E-state index in [4.69, 9.17) is 0 Å². The minimum Gasteiger partial charge on any atom is -0.381 e. The summed E-state index contributed by atoms with van der Waals surface area (Å²) >= 11 is 0. The zero-order valence-corrected chi connectivity index (χ0v) is 10.9. The number of halogens is 2. The van der Waals surface area contributed by atoms with Gasteiger partial charge in [0.1, 0.15) is 11.6 Å². The van der Waals surface area contributed by atoms with E-state index in [1.54, 1.807) is 0 Å². The lowest BCUT2D eigenvalue weighted by molar-refractivity contribution is 0.574. The summed E-state index contributed by atoms with van der Waals surface area (Å²) < 4.78 is 26.3. The summed E-state index contributed by atoms with van der Waals surface area (Å²) in [6.07, 6.45) is 2.04. The summed E-state index contributed by atoms with van der Waals surface area (Å²) in [7, 11) is 0. The minimum atomic E-state index is -0.548. The number of anilines is 1. The first kappa shape index (κ1) is 13.5. The second-order valence-corrected chi connectivity index (χ2v) is 4.50. The molecule has 1 N–H and O–H groups in total. The molecule has 100 valence electrons. The van der Waals surface area contributed by atoms with Gasteiger partial charge in [0.15, 0.2) is 0 Å². The molecule has 0 fully saturated rings. The standard InChI is InChI=1S/C16H17F2N/c1-2-5-12-6-3-4-7-16(12)19-11-13-8-9-14(17)10-15(13)18/h3-4,6-10,19H,2,5,11H2,1H3. The Bertz CT molecular complexity index is 552. The molecular weight excluding hydrogens is 244 g/mol. The van der Waals surface area contributed by atoms with E-state index >= 15 is 0 Å². The van der Waals surface area contributed by atoms with Crippen molar-refractivity contribution in [3.63, 3.8) is 0 Å². The average molecular weight is 261 g/mol. The van der Waals surface area contributed by atoms with Gasteiger partial charge in [-0.3, -0.25) is 0 Å². The third-order valence-electron chi connectivity index (χ3n) is 3.02. The summed E-state index contributed by atoms with van der Waals surface area (Å²) in [6.45, 7) is 2.48. The van der Waals surface area contributed by atoms with E-state index in [0.29, 0.717) is 12.1 Å². The van der Waals surface area contributed by atoms with Crippen LogP contribution in [0.1, 0.15) is 24.5 Å². The van der Waals surface area contributed by atoms with E-state index in [9.17, 15) is 8.78 Å². The monoisotopic (exact) mass is 261 g/mol. The number of benzene rings is 2. The smallest absolute Gasteiger partial charge is 0.131 e. The fourth-order valence-corrected chi connectivity index (χ4v) is 2.04. The van der Waals surface area contributed by atoms with Crippen LogP contribution in [-0.2, 0) is 13.0 Å². The lowest BCUT2D eigenvalue weighted by Gasteiger charge is -2.12. The van der Waals surface area contributed by atoms with Crippen LogP contribution >= 0.6 is 0 Å². The van der Waals surface area contributed by atoms with Crippen molar-refractivity contribution < 1.29 is 8.78 Å². The van der Waals surface area contributed by atoms with Crippen molar-refractivity contribution in [3.05, 3.63) is 65.2 Å². The largest absolute Gasteiger partial charge is 0.381 e. The number of nitrogens with one attached hydrogen (secondary N) is 1. The molecule has 0 aliphatic carbocycles. The Morgan fingerprint density at radius 1 is 1.00 bits per heavy atom. The van der Waals surface area contributed by atoms with E-state index in [1.165, 1.54) is 17.7 Å². The van der Waals surface area contributed by atoms with Gasteiger partial charge in [-0.1, -0.05) is 37.6 Å². The van der Waals surface area contributed by atoms with E-state index < -0.39 is 11.6 Å². The van der Waals surface area contributed by atoms with Gasteiger partial charge in [0.2, 0.25) is 0 Å². The van der Waals surface area contributed by atoms with Gasteiger partial charge in [-0.2, -0.15) is 0 Å². The second kappa shape index (κ2) is 6.32. The Morgan fingerprint density at radius 3 is 2.53 bits per heavy atom. The Hall–Kier alpha value is -1.90. The van der Waals surface area contributed by atoms with E-state index in [2.05, 4.69) is 18.3 Å². The molecule has 0 unspecified atom stereocenters. The molecule has 2 aromatic carbocycles. The van der Waals surface area contributed by atoms with E-state index in [1.807, 2.05) is 18.2 Å². The lowest BCUT2D eigenvalue weighted by Crippen LogP contribution is -2.04. The van der Waals surface area contributed by atoms with Crippen LogP contribution in [0.25, 0.3) is 0 Å². The highest BCUT2D eigenvalue weighted by molar-refractivity contribution is 5.51. The van der Waals surface area contributed by atoms with Crippen molar-refractivity contribution in [2.45, 2.75) is 26.3 Å². The average Bonchev–Trinajstić information content (AvgIpc) is 2.40. The van der Waals surface area contributed by atoms with Crippen molar-refractivity contribution in [1.82, 2.24) is 0 Å². The fourth-order valence-electron chi connectivity index (χ4n) is 2.04. The summed E-state index contributed by atoms with van der Waals surface area (Å²) in [5.74, 6) is -1.06. The molecule has 2 rings (SSSR count). The summed E-state index contributed by atoms with van der Waals surface area (Å²) in [5.41, 5.74) is 2.69. The summed E-state index contributed by atoms with van der Waals surface area (Å²) in [5, 5.41) is 3.21. The van der Waals surface area contributed by atoms with Gasteiger partial charge in [-0.05, 0) is 24.1 Å². The van der Waals surface area contributed by atoms with Crippen LogP contribution in [0.15, 0.2) is 42.5 Å². The lowest BCUT2D eigenvalue weighted by atomic mass is 10.1. The molecule has 0 saturated heterocycles. The molecule has 0 aliphatic rings. The maximum Gasteiger partial charge on any atom is 0.131 e. The predicted molar refractivity (Wildman–Crippen MR) is 74.1 cm³/mol. The molecule has 0 radical (unpaired) electrons. The van der Waals surface area contributed by atoms with E-state index in [0.717, 1.165) is 24.6 Å². The van der Waals surface area contributed by atoms with Crippen LogP contribution in [0, 0.1) is 11.6 Å². The van der Waals surface area contributed by atoms with Crippen LogP contribution < -0.4 is 5.32 Å². The molecule has 0 aromatic heterocycles. The van der Waals surface area contributed by atoms with Crippen LogP contribution in [0.2, 0.25) is 0 Å². The predicted octanol–water partition coefficient (Wildman–Crippen LogP) is 4.53. The molecule has 0 saturated carbocycles. The van der Waals surface area contributed by atoms with Gasteiger partial charge in [0.25, 0.3) is 0 Å². The van der Waals surface area contributed by atoms with Crippen LogP contribution in [-0.4, -0.2) is 0 Å². The summed E-state index contributed by atoms with van der Waals surface area (Å²) in [6, 6.07) is 11.6. The molecule has 3 heteroatoms. The van der Waals surface area contributed by atoms with Crippen LogP contribution in [0.4, 0.5) is 14.5 Å². The molecule has 2 aromatic rings. The highest BCUT2D eigenvalue weighted by Crippen LogP contribution is 2.18. The van der Waals surface area contributed by atoms with Crippen molar-refractivity contribution in [3.8, 4) is 0 Å². The Kier molecular flexibility index (Phi) is 4.50. The van der Waals surface area contributed by atoms with Gasteiger partial charge in [0, 0.05) is 23.9 Å². The van der Waals surface area contributed by atoms with Crippen molar-refractivity contribution in [2.75, 3.05) is 5.32 Å². The number of hydrogen-bond donors (Lipinski definition) is 1. The quantitative estimate of drug-likeness (QED) is 0.833. The Morgan fingerprint density at radius 2 is 1.79 bits per heavy atom. The number of hydrogen-bond acceptors (Lipinski definition) is 1. The third-order valence-corrected chi connectivity index (χ3v) is 3.02. The van der Waals surface area contributed by atoms with Crippen molar-refractivity contribution >= 4 is 5.69 Å². The first-order valence-electron chi connectivity index (χ1n) is 6.46. The summed E-state index contributed by atoms with van der Waals surface area (Å²) in [4.78, 5) is 0. The SMILES string of the molecule is CCCc1ccccc1NCc1ccc(F)cc1F. The maximum absolute atomic E-state index is 13.5. The first-order valence-corrected chi connectivity index (χ1v) is 6.46. The number of rotatable bonds is 5. The number of aryl methyl sites for hydroxylation is 1. The van der Waals surface area contributed by atoms with Gasteiger partial charge >= 0.3 is 0 Å². The zero-order valence-electron chi connectivity index (χ0n) is 10.9. The third kappa shape index (κ3) is 3.53. The molecule has 19 heavy (non-hydrogen) atoms. The Labute approximate surface area is 112 Å². The zero-order chi connectivity index (χ0) is 13.7. The van der Waals surface area contributed by atoms with Crippen LogP contribution in [0.5, 0.6) is 0 Å². The molecule has 0 amide bonds. The highest BCUT2D eigenvalue weighted by atomic mass is 19.1. The molecule has 0 heterocycles. The van der Waals surface area contributed by atoms with Crippen LogP contribution in [0.3, 0.4) is 0 Å². The molecule has 0 atom stereocenters. The second-order valence-electron chi connectivity index (χ2n) is 4.50. The minimum absolute atomic E-state index is 0.354. The fraction of sp³-hybridized carbons (Fsp3) is 0.250. The van der Waals surface area contributed by atoms with Gasteiger partial charge in [-0.25, -0.2) is 8.78 Å². The molecule has 0 bridgehead atoms. The van der Waals surface area contributed by atoms with Gasteiger partial charge in [-0.15, -0.1) is 0 Å². The highest BCUT2D eigenvalue weighted by Gasteiger charge is 2.05. The normalized spacial score (nSPS) is 10.5. The Balaban J connectivity index is 2.10. The van der Waals surface area contributed by atoms with Crippen molar-refractivity contribution in [1.29, 1.82) is 0 Å². The molecule has 1 nitrogen and oxygen atoms in total. The van der Waals surface area contributed by atoms with Crippen molar-refractivity contribution in [2.24, 2.45) is 0 Å². The molecule has 0 spiro atoms. The number of para-hydroxylation sites is 1. The molecular formula is C16H17F2N. The van der Waals surface area contributed by atoms with Gasteiger partial charge in [0.05, 0.1) is 0 Å². The van der Waals surface area contributed by atoms with Gasteiger partial charge < -0.3 is 5.32 Å². The van der Waals surface area contributed by atoms with E-state index in [-0.39, 0.29) is 0 Å². The topological polar surface area (TPSA) is 12.0 Å². The first-order chi connectivity index (χ1) is 9.20.